The summed E-state index contributed by atoms with van der Waals surface area (Å²) in [6.45, 7) is 6.74. The van der Waals surface area contributed by atoms with Gasteiger partial charge in [0.2, 0.25) is 0 Å². The maximum atomic E-state index is 11.7. The van der Waals surface area contributed by atoms with Crippen molar-refractivity contribution in [3.63, 3.8) is 0 Å². The molecule has 0 unspecified atom stereocenters. The van der Waals surface area contributed by atoms with E-state index in [1.807, 2.05) is 20.8 Å². The number of nitrogens with two attached hydrogens (primary N) is 1. The van der Waals surface area contributed by atoms with E-state index in [9.17, 15) is 4.79 Å². The minimum Gasteiger partial charge on any atom is -0.490 e. The summed E-state index contributed by atoms with van der Waals surface area (Å²) in [5.41, 5.74) is 6.51. The Hall–Kier alpha value is -1.75. The highest BCUT2D eigenvalue weighted by Crippen LogP contribution is 2.22. The van der Waals surface area contributed by atoms with Gasteiger partial charge in [-0.25, -0.2) is 0 Å². The van der Waals surface area contributed by atoms with E-state index in [1.54, 1.807) is 25.2 Å². The zero-order chi connectivity index (χ0) is 14.5. The number of carbonyl (C=O) groups excluding carboxylic acids is 1. The van der Waals surface area contributed by atoms with Gasteiger partial charge in [0.05, 0.1) is 17.8 Å². The summed E-state index contributed by atoms with van der Waals surface area (Å²) in [7, 11) is 1.57. The van der Waals surface area contributed by atoms with Crippen molar-refractivity contribution in [2.24, 2.45) is 0 Å². The molecule has 0 fully saturated rings. The van der Waals surface area contributed by atoms with Gasteiger partial charge in [-0.15, -0.1) is 0 Å². The fraction of sp³-hybridized carbons (Fsp3) is 0.500. The standard InChI is InChI=1S/C14H22N2O3/c1-14(2,3)19-8-7-18-12-9-10(15)5-6-11(12)13(17)16-4/h5-6,9H,7-8,15H2,1-4H3,(H,16,17). The molecule has 0 saturated carbocycles. The number of rotatable bonds is 5. The van der Waals surface area contributed by atoms with Crippen LogP contribution in [0.3, 0.4) is 0 Å². The molecule has 3 N–H and O–H groups in total. The van der Waals surface area contributed by atoms with Crippen molar-refractivity contribution >= 4 is 11.6 Å². The average molecular weight is 266 g/mol. The predicted molar refractivity (Wildman–Crippen MR) is 75.4 cm³/mol. The molecule has 0 aliphatic carbocycles. The number of nitrogen functional groups attached to an aromatic ring is 1. The molecule has 0 bridgehead atoms. The van der Waals surface area contributed by atoms with Gasteiger partial charge in [0.15, 0.2) is 0 Å². The predicted octanol–water partition coefficient (Wildman–Crippen LogP) is 1.82. The number of nitrogens with one attached hydrogen (secondary N) is 1. The molecule has 5 heteroatoms. The molecular weight excluding hydrogens is 244 g/mol. The van der Waals surface area contributed by atoms with Crippen LogP contribution in [-0.2, 0) is 4.74 Å². The lowest BCUT2D eigenvalue weighted by molar-refractivity contribution is -0.0163. The lowest BCUT2D eigenvalue weighted by Gasteiger charge is -2.20. The van der Waals surface area contributed by atoms with Gasteiger partial charge in [0, 0.05) is 18.8 Å². The van der Waals surface area contributed by atoms with Crippen molar-refractivity contribution in [3.8, 4) is 5.75 Å². The van der Waals surface area contributed by atoms with E-state index >= 15 is 0 Å². The fourth-order valence-corrected chi connectivity index (χ4v) is 1.48. The van der Waals surface area contributed by atoms with E-state index in [4.69, 9.17) is 15.2 Å². The first kappa shape index (κ1) is 15.3. The highest BCUT2D eigenvalue weighted by molar-refractivity contribution is 5.97. The zero-order valence-electron chi connectivity index (χ0n) is 11.9. The Labute approximate surface area is 114 Å². The van der Waals surface area contributed by atoms with Gasteiger partial charge in [-0.05, 0) is 32.9 Å². The Morgan fingerprint density at radius 1 is 1.32 bits per heavy atom. The summed E-state index contributed by atoms with van der Waals surface area (Å²) < 4.78 is 11.1. The van der Waals surface area contributed by atoms with E-state index < -0.39 is 0 Å². The molecule has 19 heavy (non-hydrogen) atoms. The van der Waals surface area contributed by atoms with Crippen molar-refractivity contribution < 1.29 is 14.3 Å². The fourth-order valence-electron chi connectivity index (χ4n) is 1.48. The van der Waals surface area contributed by atoms with Crippen LogP contribution in [0, 0.1) is 0 Å². The van der Waals surface area contributed by atoms with Crippen LogP contribution in [-0.4, -0.2) is 31.8 Å². The lowest BCUT2D eigenvalue weighted by Crippen LogP contribution is -2.23. The number of hydrogen-bond acceptors (Lipinski definition) is 4. The van der Waals surface area contributed by atoms with E-state index in [2.05, 4.69) is 5.32 Å². The van der Waals surface area contributed by atoms with Crippen LogP contribution in [0.25, 0.3) is 0 Å². The number of carbonyl (C=O) groups is 1. The molecule has 0 aliphatic rings. The van der Waals surface area contributed by atoms with Gasteiger partial charge in [0.25, 0.3) is 5.91 Å². The largest absolute Gasteiger partial charge is 0.490 e. The summed E-state index contributed by atoms with van der Waals surface area (Å²) in [5.74, 6) is 0.267. The van der Waals surface area contributed by atoms with E-state index in [1.165, 1.54) is 0 Å². The first-order chi connectivity index (χ1) is 8.83. The molecule has 0 heterocycles. The molecule has 0 spiro atoms. The second-order valence-electron chi connectivity index (χ2n) is 5.14. The normalized spacial score (nSPS) is 11.2. The SMILES string of the molecule is CNC(=O)c1ccc(N)cc1OCCOC(C)(C)C. The topological polar surface area (TPSA) is 73.6 Å². The van der Waals surface area contributed by atoms with Gasteiger partial charge in [-0.1, -0.05) is 0 Å². The number of benzene rings is 1. The first-order valence-electron chi connectivity index (χ1n) is 6.22. The summed E-state index contributed by atoms with van der Waals surface area (Å²) >= 11 is 0. The van der Waals surface area contributed by atoms with E-state index in [-0.39, 0.29) is 11.5 Å². The molecule has 0 aliphatic heterocycles. The molecule has 1 aromatic rings. The summed E-state index contributed by atoms with van der Waals surface area (Å²) in [6.07, 6.45) is 0. The molecule has 106 valence electrons. The van der Waals surface area contributed by atoms with Gasteiger partial charge in [0.1, 0.15) is 12.4 Å². The van der Waals surface area contributed by atoms with Crippen LogP contribution >= 0.6 is 0 Å². The molecule has 1 rings (SSSR count). The maximum Gasteiger partial charge on any atom is 0.254 e. The minimum absolute atomic E-state index is 0.202. The van der Waals surface area contributed by atoms with Gasteiger partial charge >= 0.3 is 0 Å². The van der Waals surface area contributed by atoms with Crippen LogP contribution in [0.1, 0.15) is 31.1 Å². The van der Waals surface area contributed by atoms with E-state index in [0.717, 1.165) is 0 Å². The van der Waals surface area contributed by atoms with Crippen LogP contribution < -0.4 is 15.8 Å². The molecular formula is C14H22N2O3. The van der Waals surface area contributed by atoms with Gasteiger partial charge in [-0.2, -0.15) is 0 Å². The Morgan fingerprint density at radius 2 is 2.00 bits per heavy atom. The van der Waals surface area contributed by atoms with Gasteiger partial charge < -0.3 is 20.5 Å². The average Bonchev–Trinajstić information content (AvgIpc) is 2.33. The molecule has 0 aromatic heterocycles. The lowest BCUT2D eigenvalue weighted by atomic mass is 10.1. The minimum atomic E-state index is -0.206. The number of hydrogen-bond donors (Lipinski definition) is 2. The van der Waals surface area contributed by atoms with Crippen molar-refractivity contribution in [1.29, 1.82) is 0 Å². The zero-order valence-corrected chi connectivity index (χ0v) is 11.9. The second kappa shape index (κ2) is 6.43. The van der Waals surface area contributed by atoms with Crippen LogP contribution in [0.2, 0.25) is 0 Å². The second-order valence-corrected chi connectivity index (χ2v) is 5.14. The third kappa shape index (κ3) is 5.18. The Morgan fingerprint density at radius 3 is 2.58 bits per heavy atom. The molecule has 1 amide bonds. The molecule has 0 radical (unpaired) electrons. The highest BCUT2D eigenvalue weighted by atomic mass is 16.5. The Balaban J connectivity index is 2.66. The van der Waals surface area contributed by atoms with E-state index in [0.29, 0.717) is 30.2 Å². The Bertz CT molecular complexity index is 439. The monoisotopic (exact) mass is 266 g/mol. The summed E-state index contributed by atoms with van der Waals surface area (Å²) in [6, 6.07) is 4.96. The summed E-state index contributed by atoms with van der Waals surface area (Å²) in [5, 5.41) is 2.56. The van der Waals surface area contributed by atoms with Crippen molar-refractivity contribution in [3.05, 3.63) is 23.8 Å². The quantitative estimate of drug-likeness (QED) is 0.630. The van der Waals surface area contributed by atoms with Crippen LogP contribution in [0.15, 0.2) is 18.2 Å². The molecule has 1 aromatic carbocycles. The molecule has 0 atom stereocenters. The van der Waals surface area contributed by atoms with Crippen molar-refractivity contribution in [2.45, 2.75) is 26.4 Å². The van der Waals surface area contributed by atoms with Crippen LogP contribution in [0.4, 0.5) is 5.69 Å². The summed E-state index contributed by atoms with van der Waals surface area (Å²) in [4.78, 5) is 11.7. The van der Waals surface area contributed by atoms with Crippen molar-refractivity contribution in [2.75, 3.05) is 26.0 Å². The number of ether oxygens (including phenoxy) is 2. The smallest absolute Gasteiger partial charge is 0.254 e. The highest BCUT2D eigenvalue weighted by Gasteiger charge is 2.13. The third-order valence-electron chi connectivity index (χ3n) is 2.35. The Kier molecular flexibility index (Phi) is 5.18. The first-order valence-corrected chi connectivity index (χ1v) is 6.22. The maximum absolute atomic E-state index is 11.7. The number of amides is 1. The van der Waals surface area contributed by atoms with Crippen molar-refractivity contribution in [1.82, 2.24) is 5.32 Å². The third-order valence-corrected chi connectivity index (χ3v) is 2.35. The van der Waals surface area contributed by atoms with Gasteiger partial charge in [-0.3, -0.25) is 4.79 Å². The molecule has 0 saturated heterocycles. The number of anilines is 1. The molecule has 5 nitrogen and oxygen atoms in total. The van der Waals surface area contributed by atoms with Crippen LogP contribution in [0.5, 0.6) is 5.75 Å².